The molecule has 0 aliphatic heterocycles. The Morgan fingerprint density at radius 3 is 1.68 bits per heavy atom. The number of amides is 1. The first-order chi connectivity index (χ1) is 53.5. The van der Waals surface area contributed by atoms with Crippen LogP contribution in [-0.4, -0.2) is 138 Å². The van der Waals surface area contributed by atoms with Crippen LogP contribution in [0, 0.1) is 27.3 Å². The fraction of sp³-hybridized carbons (Fsp3) is 0.217. The number of aromatic amines is 1. The summed E-state index contributed by atoms with van der Waals surface area (Å²) < 4.78 is 34.7. The number of nitrogens with one attached hydrogen (secondary N) is 2. The minimum atomic E-state index is -0.435. The molecule has 1 amide bonds. The van der Waals surface area contributed by atoms with Crippen molar-refractivity contribution in [3.63, 3.8) is 0 Å². The zero-order chi connectivity index (χ0) is 78.8. The van der Waals surface area contributed by atoms with Gasteiger partial charge in [0.25, 0.3) is 17.7 Å². The van der Waals surface area contributed by atoms with Crippen LogP contribution in [0.4, 0.5) is 5.82 Å². The van der Waals surface area contributed by atoms with Crippen LogP contribution >= 0.6 is 0 Å². The number of imidazole rings is 8. The number of aryl methyl sites for hydroxylation is 7. The average molecular weight is 1480 g/mol. The van der Waals surface area contributed by atoms with Gasteiger partial charge in [0.05, 0.1) is 88.5 Å². The maximum Gasteiger partial charge on any atom is 0.358 e. The van der Waals surface area contributed by atoms with Gasteiger partial charge in [0.1, 0.15) is 29.8 Å². The highest BCUT2D eigenvalue weighted by Crippen LogP contribution is 2.25. The summed E-state index contributed by atoms with van der Waals surface area (Å²) in [6.07, 6.45) is 26.3. The molecule has 110 heavy (non-hydrogen) atoms. The molecule has 0 saturated heterocycles. The van der Waals surface area contributed by atoms with E-state index in [2.05, 4.69) is 138 Å². The summed E-state index contributed by atoms with van der Waals surface area (Å²) in [5, 5.41) is 10.1. The molecule has 0 unspecified atom stereocenters. The molecule has 6 aromatic carbocycles. The third-order valence-corrected chi connectivity index (χ3v) is 15.9. The van der Waals surface area contributed by atoms with Gasteiger partial charge < -0.3 is 56.9 Å². The summed E-state index contributed by atoms with van der Waals surface area (Å²) in [6.45, 7) is 24.4. The Kier molecular flexibility index (Phi) is 34.5. The number of hydrogen-bond acceptors (Lipinski definition) is 16. The maximum atomic E-state index is 11.8. The Hall–Kier alpha value is -13.9. The second-order valence-corrected chi connectivity index (χ2v) is 23.5. The van der Waals surface area contributed by atoms with Crippen molar-refractivity contribution in [3.05, 3.63) is 309 Å². The molecule has 9 heterocycles. The minimum Gasteiger partial charge on any atom is -0.497 e. The minimum absolute atomic E-state index is 0.134. The number of H-pyrrole nitrogens is 1. The van der Waals surface area contributed by atoms with E-state index in [0.717, 1.165) is 86.9 Å². The molecule has 0 atom stereocenters. The van der Waals surface area contributed by atoms with Gasteiger partial charge in [-0.3, -0.25) is 18.6 Å². The van der Waals surface area contributed by atoms with Gasteiger partial charge in [-0.2, -0.15) is 0 Å². The van der Waals surface area contributed by atoms with Gasteiger partial charge in [-0.25, -0.2) is 39.7 Å². The zero-order valence-corrected chi connectivity index (χ0v) is 64.4. The van der Waals surface area contributed by atoms with Gasteiger partial charge in [0.15, 0.2) is 12.0 Å². The van der Waals surface area contributed by atoms with Gasteiger partial charge in [-0.1, -0.05) is 151 Å². The second kappa shape index (κ2) is 45.5. The summed E-state index contributed by atoms with van der Waals surface area (Å²) in [6, 6.07) is 58.7. The second-order valence-electron chi connectivity index (χ2n) is 23.5. The SMILES string of the molecule is CCNC(=O)c1cncn1-c1ccc(OC)cc1.CCOCn1cnc(C(=O)OC)c1.CCn1ccnc1.CCn1cncc1C.COc1ncc(C)n1C.Cc1cnnn1C.Cn1cc(-c2ccccc2)nc1-c1ccccc1.[C-]#[N+]c1cn(-c2ccccc2)cn1.c1ccc(-c2cnc(-c3ccccc3)[nH]2)cc1. The highest BCUT2D eigenvalue weighted by atomic mass is 16.5. The Morgan fingerprint density at radius 2 is 1.20 bits per heavy atom. The molecule has 0 aliphatic carbocycles. The van der Waals surface area contributed by atoms with Gasteiger partial charge in [0.2, 0.25) is 0 Å². The van der Waals surface area contributed by atoms with Gasteiger partial charge >= 0.3 is 5.97 Å². The smallest absolute Gasteiger partial charge is 0.358 e. The van der Waals surface area contributed by atoms with E-state index in [1.807, 2.05) is 227 Å². The Morgan fingerprint density at radius 1 is 0.564 bits per heavy atom. The van der Waals surface area contributed by atoms with Crippen molar-refractivity contribution in [1.29, 1.82) is 0 Å². The standard InChI is InChI=1S/C16H14N2.C15H12N2.C13H15N3O2.C10H7N3.C8H12N2O3.C6H10N2O.C6H10N2.C5H8N2.C4H7N3/c1-18-12-15(13-8-4-2-5-9-13)17-16(18)14-10-6-3-7-11-14;1-3-7-12(8-4-1)14-11-16-15(17-14)13-9-5-2-6-10-13;1-3-15-13(17)12-8-14-9-16(12)10-4-6-11(18-2)7-5-10;1-11-10-7-13(8-12-10)9-5-3-2-4-6-9;1-3-13-6-10-4-7(9-5-10)8(11)12-2;1-5-4-7-6(9-3)8(5)2;1-3-8-5-7-4-6(8)2;1-2-7-4-3-6-5-7;1-4-3-5-6-7(4)2/h2-12H,1H3;1-11H,(H,16,17);4-9H,3H2,1-2H3,(H,15,17);2-8H;4-5H,3,6H2,1-2H3;4H,1-3H3;4-5H,3H2,1-2H3;3-5H,2H2,1H3;3H,1-2H3. The molecule has 0 bridgehead atoms. The van der Waals surface area contributed by atoms with E-state index in [9.17, 15) is 9.59 Å². The lowest BCUT2D eigenvalue weighted by atomic mass is 10.2. The van der Waals surface area contributed by atoms with E-state index in [1.165, 1.54) is 19.1 Å². The lowest BCUT2D eigenvalue weighted by molar-refractivity contribution is 0.0593. The summed E-state index contributed by atoms with van der Waals surface area (Å²) in [7, 11) is 10.4. The lowest BCUT2D eigenvalue weighted by Gasteiger charge is -2.08. The van der Waals surface area contributed by atoms with Crippen LogP contribution in [0.25, 0.3) is 61.5 Å². The van der Waals surface area contributed by atoms with Crippen molar-refractivity contribution < 1.29 is 28.5 Å². The Balaban J connectivity index is 0.000000175. The predicted molar refractivity (Wildman–Crippen MR) is 427 cm³/mol. The third kappa shape index (κ3) is 26.3. The summed E-state index contributed by atoms with van der Waals surface area (Å²) in [4.78, 5) is 62.0. The van der Waals surface area contributed by atoms with Crippen LogP contribution in [0.5, 0.6) is 11.8 Å². The van der Waals surface area contributed by atoms with Crippen LogP contribution in [0.2, 0.25) is 0 Å². The average Bonchev–Trinajstić information content (AvgIpc) is 1.67. The molecule has 568 valence electrons. The molecule has 9 aromatic heterocycles. The fourth-order valence-electron chi connectivity index (χ4n) is 9.70. The number of rotatable bonds is 16. The van der Waals surface area contributed by atoms with Crippen LogP contribution in [-0.2, 0) is 50.4 Å². The number of para-hydroxylation sites is 1. The van der Waals surface area contributed by atoms with E-state index < -0.39 is 5.97 Å². The van der Waals surface area contributed by atoms with Crippen LogP contribution in [0.1, 0.15) is 65.8 Å². The molecule has 0 fully saturated rings. The van der Waals surface area contributed by atoms with Crippen molar-refractivity contribution in [3.8, 4) is 68.4 Å². The number of benzene rings is 6. The number of esters is 1. The summed E-state index contributed by atoms with van der Waals surface area (Å²) in [5.74, 6) is 2.53. The molecule has 0 radical (unpaired) electrons. The number of methoxy groups -OCH3 is 3. The number of ether oxygens (including phenoxy) is 4. The van der Waals surface area contributed by atoms with Crippen molar-refractivity contribution in [2.75, 3.05) is 34.5 Å². The third-order valence-electron chi connectivity index (χ3n) is 15.9. The quantitative estimate of drug-likeness (QED) is 0.0672. The van der Waals surface area contributed by atoms with Gasteiger partial charge in [-0.15, -0.1) is 10.1 Å². The normalized spacial score (nSPS) is 9.96. The molecular formula is C83H95N21O6. The summed E-state index contributed by atoms with van der Waals surface area (Å²) >= 11 is 0. The van der Waals surface area contributed by atoms with E-state index in [1.54, 1.807) is 84.2 Å². The van der Waals surface area contributed by atoms with Gasteiger partial charge in [-0.05, 0) is 90.4 Å². The first kappa shape index (κ1) is 83.4. The van der Waals surface area contributed by atoms with Crippen LogP contribution in [0.15, 0.2) is 270 Å². The molecular weight excluding hydrogens is 1390 g/mol. The van der Waals surface area contributed by atoms with E-state index in [0.29, 0.717) is 43.1 Å². The van der Waals surface area contributed by atoms with Gasteiger partial charge in [0, 0.05) is 124 Å². The lowest BCUT2D eigenvalue weighted by Crippen LogP contribution is -2.24. The van der Waals surface area contributed by atoms with Crippen molar-refractivity contribution in [1.82, 2.24) is 97.1 Å². The highest BCUT2D eigenvalue weighted by molar-refractivity contribution is 5.93. The van der Waals surface area contributed by atoms with E-state index in [-0.39, 0.29) is 5.91 Å². The van der Waals surface area contributed by atoms with Crippen molar-refractivity contribution in [2.24, 2.45) is 21.1 Å². The molecule has 0 saturated carbocycles. The number of carbonyl (C=O) groups excluding carboxylic acids is 2. The molecule has 27 nitrogen and oxygen atoms in total. The number of hydrogen-bond donors (Lipinski definition) is 2. The number of nitrogens with zero attached hydrogens (tertiary/aromatic N) is 19. The van der Waals surface area contributed by atoms with Crippen molar-refractivity contribution in [2.45, 2.75) is 68.3 Å². The molecule has 27 heteroatoms. The molecule has 2 N–H and O–H groups in total. The van der Waals surface area contributed by atoms with Crippen LogP contribution in [0.3, 0.4) is 0 Å². The number of carbonyl (C=O) groups is 2. The first-order valence-electron chi connectivity index (χ1n) is 35.2. The highest BCUT2D eigenvalue weighted by Gasteiger charge is 2.14. The van der Waals surface area contributed by atoms with Crippen molar-refractivity contribution >= 4 is 17.7 Å². The zero-order valence-electron chi connectivity index (χ0n) is 64.4. The molecule has 15 rings (SSSR count). The predicted octanol–water partition coefficient (Wildman–Crippen LogP) is 15.2. The summed E-state index contributed by atoms with van der Waals surface area (Å²) in [5.41, 5.74) is 12.7. The Labute approximate surface area is 642 Å². The molecule has 0 spiro atoms. The molecule has 15 aromatic rings. The molecule has 0 aliphatic rings. The van der Waals surface area contributed by atoms with Crippen LogP contribution < -0.4 is 14.8 Å². The first-order valence-corrected chi connectivity index (χ1v) is 35.2. The van der Waals surface area contributed by atoms with E-state index >= 15 is 0 Å². The fourth-order valence-corrected chi connectivity index (χ4v) is 9.70. The largest absolute Gasteiger partial charge is 0.497 e. The Bertz CT molecular complexity index is 5000. The maximum absolute atomic E-state index is 11.8. The van der Waals surface area contributed by atoms with E-state index in [4.69, 9.17) is 25.8 Å². The monoisotopic (exact) mass is 1480 g/mol. The topological polar surface area (TPSA) is 272 Å². The number of aromatic nitrogens is 19.